The number of alkyl halides is 2. The Kier molecular flexibility index (Phi) is 4.61. The van der Waals surface area contributed by atoms with E-state index in [0.717, 1.165) is 17.0 Å². The van der Waals surface area contributed by atoms with Gasteiger partial charge in [0, 0.05) is 36.1 Å². The molecule has 1 atom stereocenters. The highest BCUT2D eigenvalue weighted by Gasteiger charge is 2.18. The van der Waals surface area contributed by atoms with E-state index in [-0.39, 0.29) is 11.7 Å². The van der Waals surface area contributed by atoms with Crippen molar-refractivity contribution in [1.29, 1.82) is 0 Å². The van der Waals surface area contributed by atoms with Crippen LogP contribution in [0.2, 0.25) is 0 Å². The van der Waals surface area contributed by atoms with Gasteiger partial charge in [-0.3, -0.25) is 4.98 Å². The van der Waals surface area contributed by atoms with E-state index in [2.05, 4.69) is 19.7 Å². The SMILES string of the molecule is FC(F)Oc1cccc([C@@H](Cc2ccccn2)c2cnc[nH]2)c1. The van der Waals surface area contributed by atoms with E-state index in [0.29, 0.717) is 6.42 Å². The number of rotatable bonds is 6. The van der Waals surface area contributed by atoms with E-state index in [1.807, 2.05) is 24.3 Å². The summed E-state index contributed by atoms with van der Waals surface area (Å²) >= 11 is 0. The number of aromatic nitrogens is 3. The smallest absolute Gasteiger partial charge is 0.387 e. The molecule has 0 saturated carbocycles. The van der Waals surface area contributed by atoms with E-state index in [4.69, 9.17) is 0 Å². The van der Waals surface area contributed by atoms with Crippen LogP contribution >= 0.6 is 0 Å². The minimum Gasteiger partial charge on any atom is -0.435 e. The van der Waals surface area contributed by atoms with Crippen molar-refractivity contribution >= 4 is 0 Å². The Bertz CT molecular complexity index is 733. The fourth-order valence-corrected chi connectivity index (χ4v) is 2.50. The number of hydrogen-bond acceptors (Lipinski definition) is 3. The van der Waals surface area contributed by atoms with Gasteiger partial charge in [0.2, 0.25) is 0 Å². The fraction of sp³-hybridized carbons (Fsp3) is 0.176. The molecule has 1 N–H and O–H groups in total. The number of nitrogens with one attached hydrogen (secondary N) is 1. The van der Waals surface area contributed by atoms with Gasteiger partial charge in [-0.05, 0) is 29.8 Å². The average Bonchev–Trinajstić information content (AvgIpc) is 3.07. The maximum atomic E-state index is 12.4. The molecule has 6 heteroatoms. The van der Waals surface area contributed by atoms with Gasteiger partial charge in [-0.1, -0.05) is 18.2 Å². The number of benzene rings is 1. The van der Waals surface area contributed by atoms with Crippen molar-refractivity contribution in [3.05, 3.63) is 78.1 Å². The van der Waals surface area contributed by atoms with Crippen LogP contribution in [0.4, 0.5) is 8.78 Å². The largest absolute Gasteiger partial charge is 0.435 e. The molecule has 0 unspecified atom stereocenters. The van der Waals surface area contributed by atoms with E-state index in [1.165, 1.54) is 6.07 Å². The van der Waals surface area contributed by atoms with Gasteiger partial charge in [0.1, 0.15) is 5.75 Å². The predicted molar refractivity (Wildman–Crippen MR) is 81.4 cm³/mol. The molecule has 118 valence electrons. The first-order chi connectivity index (χ1) is 11.2. The van der Waals surface area contributed by atoms with Crippen LogP contribution in [-0.4, -0.2) is 21.6 Å². The second-order valence-electron chi connectivity index (χ2n) is 5.04. The van der Waals surface area contributed by atoms with Gasteiger partial charge in [0.15, 0.2) is 0 Å². The molecule has 2 aromatic heterocycles. The zero-order chi connectivity index (χ0) is 16.1. The zero-order valence-electron chi connectivity index (χ0n) is 12.2. The maximum Gasteiger partial charge on any atom is 0.387 e. The molecule has 0 spiro atoms. The molecule has 0 amide bonds. The first kappa shape index (κ1) is 15.1. The Morgan fingerprint density at radius 3 is 2.74 bits per heavy atom. The van der Waals surface area contributed by atoms with Crippen LogP contribution in [0.3, 0.4) is 0 Å². The van der Waals surface area contributed by atoms with Crippen LogP contribution in [0.1, 0.15) is 22.9 Å². The van der Waals surface area contributed by atoms with Gasteiger partial charge in [-0.15, -0.1) is 0 Å². The second kappa shape index (κ2) is 7.00. The lowest BCUT2D eigenvalue weighted by atomic mass is 9.91. The molecule has 0 aliphatic heterocycles. The van der Waals surface area contributed by atoms with Crippen LogP contribution in [0.25, 0.3) is 0 Å². The average molecular weight is 315 g/mol. The van der Waals surface area contributed by atoms with E-state index < -0.39 is 6.61 Å². The predicted octanol–water partition coefficient (Wildman–Crippen LogP) is 3.78. The van der Waals surface area contributed by atoms with Crippen molar-refractivity contribution in [2.75, 3.05) is 0 Å². The number of halogens is 2. The molecule has 0 aliphatic rings. The summed E-state index contributed by atoms with van der Waals surface area (Å²) in [7, 11) is 0. The van der Waals surface area contributed by atoms with Crippen LogP contribution in [0.5, 0.6) is 5.75 Å². The normalized spacial score (nSPS) is 12.3. The summed E-state index contributed by atoms with van der Waals surface area (Å²) in [6, 6.07) is 12.4. The fourth-order valence-electron chi connectivity index (χ4n) is 2.50. The first-order valence-corrected chi connectivity index (χ1v) is 7.15. The summed E-state index contributed by atoms with van der Waals surface area (Å²) < 4.78 is 29.3. The van der Waals surface area contributed by atoms with Gasteiger partial charge in [-0.2, -0.15) is 8.78 Å². The highest BCUT2D eigenvalue weighted by Crippen LogP contribution is 2.29. The number of pyridine rings is 1. The first-order valence-electron chi connectivity index (χ1n) is 7.15. The minimum absolute atomic E-state index is 0.0753. The third-order valence-corrected chi connectivity index (χ3v) is 3.52. The summed E-state index contributed by atoms with van der Waals surface area (Å²) in [6.07, 6.45) is 5.69. The van der Waals surface area contributed by atoms with Crippen molar-refractivity contribution in [1.82, 2.24) is 15.0 Å². The molecule has 0 fully saturated rings. The molecule has 3 rings (SSSR count). The summed E-state index contributed by atoms with van der Waals surface area (Å²) in [4.78, 5) is 11.5. The van der Waals surface area contributed by atoms with Crippen molar-refractivity contribution in [3.63, 3.8) is 0 Å². The molecule has 1 aromatic carbocycles. The topological polar surface area (TPSA) is 50.8 Å². The van der Waals surface area contributed by atoms with Gasteiger partial charge in [0.05, 0.1) is 6.33 Å². The van der Waals surface area contributed by atoms with E-state index >= 15 is 0 Å². The van der Waals surface area contributed by atoms with Crippen LogP contribution in [0, 0.1) is 0 Å². The number of ether oxygens (including phenoxy) is 1. The molecule has 2 heterocycles. The van der Waals surface area contributed by atoms with Gasteiger partial charge < -0.3 is 9.72 Å². The molecular weight excluding hydrogens is 300 g/mol. The summed E-state index contributed by atoms with van der Waals surface area (Å²) in [5.74, 6) is 0.0664. The van der Waals surface area contributed by atoms with Crippen LogP contribution < -0.4 is 4.74 Å². The van der Waals surface area contributed by atoms with Crippen molar-refractivity contribution in [2.24, 2.45) is 0 Å². The lowest BCUT2D eigenvalue weighted by Gasteiger charge is -2.17. The standard InChI is InChI=1S/C17H15F2N3O/c18-17(19)23-14-6-3-4-12(8-14)15(16-10-20-11-22-16)9-13-5-1-2-7-21-13/h1-8,10-11,15,17H,9H2,(H,20,22)/t15-/m1/s1. The molecule has 0 radical (unpaired) electrons. The minimum atomic E-state index is -2.84. The third kappa shape index (κ3) is 3.91. The number of H-pyrrole nitrogens is 1. The van der Waals surface area contributed by atoms with Crippen molar-refractivity contribution in [2.45, 2.75) is 19.0 Å². The Morgan fingerprint density at radius 2 is 2.04 bits per heavy atom. The van der Waals surface area contributed by atoms with Gasteiger partial charge >= 0.3 is 6.61 Å². The maximum absolute atomic E-state index is 12.4. The molecule has 0 bridgehead atoms. The van der Waals surface area contributed by atoms with Gasteiger partial charge in [0.25, 0.3) is 0 Å². The molecule has 0 aliphatic carbocycles. The second-order valence-corrected chi connectivity index (χ2v) is 5.04. The Hall–Kier alpha value is -2.76. The lowest BCUT2D eigenvalue weighted by molar-refractivity contribution is -0.0498. The number of nitrogens with zero attached hydrogens (tertiary/aromatic N) is 2. The molecule has 23 heavy (non-hydrogen) atoms. The number of imidazole rings is 1. The highest BCUT2D eigenvalue weighted by molar-refractivity contribution is 5.35. The molecule has 0 saturated heterocycles. The Balaban J connectivity index is 1.92. The lowest BCUT2D eigenvalue weighted by Crippen LogP contribution is -2.08. The molecule has 4 nitrogen and oxygen atoms in total. The Morgan fingerprint density at radius 1 is 1.13 bits per heavy atom. The summed E-state index contributed by atoms with van der Waals surface area (Å²) in [6.45, 7) is -2.84. The quantitative estimate of drug-likeness (QED) is 0.753. The van der Waals surface area contributed by atoms with Crippen molar-refractivity contribution < 1.29 is 13.5 Å². The van der Waals surface area contributed by atoms with Crippen LogP contribution in [-0.2, 0) is 6.42 Å². The van der Waals surface area contributed by atoms with Gasteiger partial charge in [-0.25, -0.2) is 4.98 Å². The zero-order valence-corrected chi connectivity index (χ0v) is 12.2. The molecule has 3 aromatic rings. The summed E-state index contributed by atoms with van der Waals surface area (Å²) in [5.41, 5.74) is 2.66. The van der Waals surface area contributed by atoms with E-state index in [9.17, 15) is 8.78 Å². The monoisotopic (exact) mass is 315 g/mol. The number of hydrogen-bond donors (Lipinski definition) is 1. The van der Waals surface area contributed by atoms with E-state index in [1.54, 1.807) is 30.9 Å². The number of aromatic amines is 1. The van der Waals surface area contributed by atoms with Crippen LogP contribution in [0.15, 0.2) is 61.2 Å². The third-order valence-electron chi connectivity index (χ3n) is 3.52. The Labute approximate surface area is 132 Å². The van der Waals surface area contributed by atoms with Crippen molar-refractivity contribution in [3.8, 4) is 5.75 Å². The summed E-state index contributed by atoms with van der Waals surface area (Å²) in [5, 5.41) is 0. The molecular formula is C17H15F2N3O. The highest BCUT2D eigenvalue weighted by atomic mass is 19.3.